The molecular formula is C16H10BrClN2OS. The summed E-state index contributed by atoms with van der Waals surface area (Å²) in [5.74, 6) is -0.278. The molecule has 22 heavy (non-hydrogen) atoms. The van der Waals surface area contributed by atoms with Crippen molar-refractivity contribution in [3.63, 3.8) is 0 Å². The molecule has 0 saturated carbocycles. The summed E-state index contributed by atoms with van der Waals surface area (Å²) in [6.45, 7) is 0. The average molecular weight is 394 g/mol. The first-order valence-electron chi connectivity index (χ1n) is 6.41. The third-order valence-electron chi connectivity index (χ3n) is 2.97. The summed E-state index contributed by atoms with van der Waals surface area (Å²) >= 11 is 10.8. The minimum atomic E-state index is -0.278. The largest absolute Gasteiger partial charge is 0.298 e. The number of halogens is 2. The van der Waals surface area contributed by atoms with Crippen molar-refractivity contribution < 1.29 is 4.79 Å². The molecule has 1 aromatic heterocycles. The van der Waals surface area contributed by atoms with Crippen LogP contribution in [0.2, 0.25) is 5.02 Å². The first-order valence-corrected chi connectivity index (χ1v) is 8.46. The highest BCUT2D eigenvalue weighted by molar-refractivity contribution is 9.10. The van der Waals surface area contributed by atoms with Crippen LogP contribution < -0.4 is 5.32 Å². The van der Waals surface area contributed by atoms with E-state index in [0.717, 1.165) is 15.7 Å². The van der Waals surface area contributed by atoms with E-state index in [0.29, 0.717) is 15.7 Å². The van der Waals surface area contributed by atoms with Gasteiger partial charge in [0.2, 0.25) is 0 Å². The average Bonchev–Trinajstić information content (AvgIpc) is 2.99. The lowest BCUT2D eigenvalue weighted by atomic mass is 10.2. The maximum atomic E-state index is 12.3. The Kier molecular flexibility index (Phi) is 4.57. The SMILES string of the molecule is O=C(Nc1nc(-c2ccccc2)cs1)c1cc(Br)ccc1Cl. The fourth-order valence-electron chi connectivity index (χ4n) is 1.91. The minimum Gasteiger partial charge on any atom is -0.298 e. The monoisotopic (exact) mass is 392 g/mol. The number of amides is 1. The van der Waals surface area contributed by atoms with Crippen molar-refractivity contribution in [1.82, 2.24) is 4.98 Å². The number of carbonyl (C=O) groups is 1. The summed E-state index contributed by atoms with van der Waals surface area (Å²) in [6, 6.07) is 15.0. The van der Waals surface area contributed by atoms with Crippen molar-refractivity contribution in [1.29, 1.82) is 0 Å². The molecule has 0 aliphatic heterocycles. The van der Waals surface area contributed by atoms with E-state index in [1.165, 1.54) is 11.3 Å². The second-order valence-corrected chi connectivity index (χ2v) is 6.66. The minimum absolute atomic E-state index is 0.278. The molecule has 2 aromatic carbocycles. The Hall–Kier alpha value is -1.69. The Morgan fingerprint density at radius 2 is 1.95 bits per heavy atom. The van der Waals surface area contributed by atoms with Crippen LogP contribution in [0.3, 0.4) is 0 Å². The van der Waals surface area contributed by atoms with Gasteiger partial charge in [0.15, 0.2) is 5.13 Å². The van der Waals surface area contributed by atoms with Crippen LogP contribution in [0.4, 0.5) is 5.13 Å². The van der Waals surface area contributed by atoms with E-state index in [4.69, 9.17) is 11.6 Å². The lowest BCUT2D eigenvalue weighted by molar-refractivity contribution is 0.102. The Bertz CT molecular complexity index is 820. The molecule has 0 atom stereocenters. The van der Waals surface area contributed by atoms with Crippen molar-refractivity contribution in [3.05, 3.63) is 69.0 Å². The second-order valence-electron chi connectivity index (χ2n) is 4.48. The Morgan fingerprint density at radius 3 is 2.73 bits per heavy atom. The van der Waals surface area contributed by atoms with Crippen molar-refractivity contribution in [3.8, 4) is 11.3 Å². The van der Waals surface area contributed by atoms with Gasteiger partial charge in [0.1, 0.15) is 0 Å². The molecule has 0 aliphatic rings. The molecule has 6 heteroatoms. The highest BCUT2D eigenvalue weighted by Gasteiger charge is 2.13. The molecule has 1 N–H and O–H groups in total. The first kappa shape index (κ1) is 15.2. The molecule has 0 spiro atoms. The molecule has 1 heterocycles. The molecule has 0 aliphatic carbocycles. The lowest BCUT2D eigenvalue weighted by Gasteiger charge is -2.04. The molecule has 3 aromatic rings. The van der Waals surface area contributed by atoms with Gasteiger partial charge in [-0.3, -0.25) is 10.1 Å². The van der Waals surface area contributed by atoms with E-state index >= 15 is 0 Å². The molecule has 0 fully saturated rings. The summed E-state index contributed by atoms with van der Waals surface area (Å²) < 4.78 is 0.797. The van der Waals surface area contributed by atoms with E-state index < -0.39 is 0 Å². The lowest BCUT2D eigenvalue weighted by Crippen LogP contribution is -2.12. The first-order chi connectivity index (χ1) is 10.6. The number of hydrogen-bond acceptors (Lipinski definition) is 3. The second kappa shape index (κ2) is 6.60. The number of benzene rings is 2. The fraction of sp³-hybridized carbons (Fsp3) is 0. The number of hydrogen-bond donors (Lipinski definition) is 1. The van der Waals surface area contributed by atoms with Crippen LogP contribution in [0.15, 0.2) is 58.4 Å². The van der Waals surface area contributed by atoms with E-state index in [1.807, 2.05) is 35.7 Å². The summed E-state index contributed by atoms with van der Waals surface area (Å²) in [5.41, 5.74) is 2.26. The van der Waals surface area contributed by atoms with Gasteiger partial charge >= 0.3 is 0 Å². The van der Waals surface area contributed by atoms with Gasteiger partial charge in [-0.15, -0.1) is 11.3 Å². The highest BCUT2D eigenvalue weighted by Crippen LogP contribution is 2.26. The predicted octanol–water partition coefficient (Wildman–Crippen LogP) is 5.48. The van der Waals surface area contributed by atoms with Gasteiger partial charge in [-0.2, -0.15) is 0 Å². The molecule has 110 valence electrons. The molecule has 1 amide bonds. The number of nitrogens with zero attached hydrogens (tertiary/aromatic N) is 1. The van der Waals surface area contributed by atoms with E-state index in [-0.39, 0.29) is 5.91 Å². The van der Waals surface area contributed by atoms with Crippen LogP contribution in [0, 0.1) is 0 Å². The number of thiazole rings is 1. The van der Waals surface area contributed by atoms with Crippen LogP contribution in [0.1, 0.15) is 10.4 Å². The third kappa shape index (κ3) is 3.38. The number of anilines is 1. The maximum absolute atomic E-state index is 12.3. The van der Waals surface area contributed by atoms with Crippen LogP contribution in [-0.4, -0.2) is 10.9 Å². The molecule has 0 unspecified atom stereocenters. The van der Waals surface area contributed by atoms with Crippen LogP contribution in [0.25, 0.3) is 11.3 Å². The quantitative estimate of drug-likeness (QED) is 0.640. The smallest absolute Gasteiger partial charge is 0.258 e. The number of rotatable bonds is 3. The number of aromatic nitrogens is 1. The maximum Gasteiger partial charge on any atom is 0.258 e. The van der Waals surface area contributed by atoms with E-state index in [9.17, 15) is 4.79 Å². The zero-order chi connectivity index (χ0) is 15.5. The van der Waals surface area contributed by atoms with Crippen molar-refractivity contribution in [2.24, 2.45) is 0 Å². The number of carbonyl (C=O) groups excluding carboxylic acids is 1. The van der Waals surface area contributed by atoms with Gasteiger partial charge < -0.3 is 0 Å². The molecule has 0 saturated heterocycles. The summed E-state index contributed by atoms with van der Waals surface area (Å²) in [7, 11) is 0. The van der Waals surface area contributed by atoms with Crippen LogP contribution in [0.5, 0.6) is 0 Å². The van der Waals surface area contributed by atoms with Gasteiger partial charge in [0.05, 0.1) is 16.3 Å². The third-order valence-corrected chi connectivity index (χ3v) is 4.55. The van der Waals surface area contributed by atoms with Gasteiger partial charge in [-0.25, -0.2) is 4.98 Å². The Labute approximate surface area is 145 Å². The van der Waals surface area contributed by atoms with E-state index in [1.54, 1.807) is 18.2 Å². The number of nitrogens with one attached hydrogen (secondary N) is 1. The zero-order valence-corrected chi connectivity index (χ0v) is 14.4. The standard InChI is InChI=1S/C16H10BrClN2OS/c17-11-6-7-13(18)12(8-11)15(21)20-16-19-14(9-22-16)10-4-2-1-3-5-10/h1-9H,(H,19,20,21). The van der Waals surface area contributed by atoms with Gasteiger partial charge in [0, 0.05) is 15.4 Å². The summed E-state index contributed by atoms with van der Waals surface area (Å²) in [6.07, 6.45) is 0. The normalized spacial score (nSPS) is 10.5. The predicted molar refractivity (Wildman–Crippen MR) is 94.7 cm³/mol. The Balaban J connectivity index is 1.81. The van der Waals surface area contributed by atoms with Crippen molar-refractivity contribution in [2.75, 3.05) is 5.32 Å². The van der Waals surface area contributed by atoms with E-state index in [2.05, 4.69) is 26.2 Å². The van der Waals surface area contributed by atoms with Crippen molar-refractivity contribution in [2.45, 2.75) is 0 Å². The van der Waals surface area contributed by atoms with Crippen LogP contribution in [-0.2, 0) is 0 Å². The highest BCUT2D eigenvalue weighted by atomic mass is 79.9. The summed E-state index contributed by atoms with van der Waals surface area (Å²) in [5, 5.41) is 5.63. The fourth-order valence-corrected chi connectivity index (χ4v) is 3.19. The molecular weight excluding hydrogens is 384 g/mol. The summed E-state index contributed by atoms with van der Waals surface area (Å²) in [4.78, 5) is 16.7. The Morgan fingerprint density at radius 1 is 1.18 bits per heavy atom. The van der Waals surface area contributed by atoms with Crippen LogP contribution >= 0.6 is 38.9 Å². The van der Waals surface area contributed by atoms with Crippen molar-refractivity contribution >= 4 is 49.9 Å². The molecule has 0 bridgehead atoms. The molecule has 0 radical (unpaired) electrons. The molecule has 3 rings (SSSR count). The topological polar surface area (TPSA) is 42.0 Å². The van der Waals surface area contributed by atoms with Gasteiger partial charge in [-0.05, 0) is 18.2 Å². The van der Waals surface area contributed by atoms with Gasteiger partial charge in [-0.1, -0.05) is 57.9 Å². The van der Waals surface area contributed by atoms with Gasteiger partial charge in [0.25, 0.3) is 5.91 Å². The molecule has 3 nitrogen and oxygen atoms in total. The zero-order valence-electron chi connectivity index (χ0n) is 11.2.